The third kappa shape index (κ3) is 4.16. The number of nitrogens with zero attached hydrogens (tertiary/aromatic N) is 3. The first-order chi connectivity index (χ1) is 13.1. The molecule has 2 aromatic rings. The molecular weight excluding hydrogens is 338 g/mol. The van der Waals surface area contributed by atoms with Crippen LogP contribution in [0.4, 0.5) is 17.3 Å². The number of piperazine rings is 1. The molecule has 0 unspecified atom stereocenters. The van der Waals surface area contributed by atoms with Gasteiger partial charge >= 0.3 is 0 Å². The highest BCUT2D eigenvalue weighted by Gasteiger charge is 2.18. The van der Waals surface area contributed by atoms with Crippen molar-refractivity contribution in [2.24, 2.45) is 5.92 Å². The maximum atomic E-state index is 12.1. The third-order valence-corrected chi connectivity index (χ3v) is 5.43. The Morgan fingerprint density at radius 1 is 1.11 bits per heavy atom. The van der Waals surface area contributed by atoms with Gasteiger partial charge in [-0.1, -0.05) is 13.8 Å². The van der Waals surface area contributed by atoms with Gasteiger partial charge in [0.15, 0.2) is 0 Å². The second-order valence-electron chi connectivity index (χ2n) is 8.05. The summed E-state index contributed by atoms with van der Waals surface area (Å²) in [5.41, 5.74) is 3.99. The van der Waals surface area contributed by atoms with E-state index in [1.807, 2.05) is 0 Å². The summed E-state index contributed by atoms with van der Waals surface area (Å²) in [6.45, 7) is 10.1. The fourth-order valence-corrected chi connectivity index (χ4v) is 4.10. The highest BCUT2D eigenvalue weighted by Crippen LogP contribution is 2.22. The minimum Gasteiger partial charge on any atom is -0.369 e. The van der Waals surface area contributed by atoms with Crippen LogP contribution in [0.3, 0.4) is 0 Å². The van der Waals surface area contributed by atoms with Crippen molar-refractivity contribution in [1.82, 2.24) is 14.9 Å². The van der Waals surface area contributed by atoms with E-state index >= 15 is 0 Å². The first kappa shape index (κ1) is 18.0. The van der Waals surface area contributed by atoms with Crippen molar-refractivity contribution in [1.29, 1.82) is 0 Å². The van der Waals surface area contributed by atoms with Gasteiger partial charge in [-0.25, -0.2) is 4.98 Å². The van der Waals surface area contributed by atoms with Crippen LogP contribution in [0.25, 0.3) is 0 Å². The predicted octanol–water partition coefficient (Wildman–Crippen LogP) is 2.78. The summed E-state index contributed by atoms with van der Waals surface area (Å²) in [6.07, 6.45) is 2.76. The Hall–Kier alpha value is -2.34. The van der Waals surface area contributed by atoms with Crippen LogP contribution in [0.1, 0.15) is 31.5 Å². The number of nitrogens with one attached hydrogen (secondary N) is 2. The average molecular weight is 367 g/mol. The second kappa shape index (κ2) is 7.72. The molecule has 0 saturated carbocycles. The second-order valence-corrected chi connectivity index (χ2v) is 8.05. The molecule has 2 aliphatic rings. The van der Waals surface area contributed by atoms with E-state index < -0.39 is 0 Å². The number of anilines is 3. The van der Waals surface area contributed by atoms with Crippen LogP contribution in [0, 0.1) is 5.92 Å². The monoisotopic (exact) mass is 367 g/mol. The molecule has 0 atom stereocenters. The summed E-state index contributed by atoms with van der Waals surface area (Å²) < 4.78 is 0. The molecule has 0 spiro atoms. The zero-order chi connectivity index (χ0) is 18.8. The van der Waals surface area contributed by atoms with Crippen LogP contribution in [-0.2, 0) is 12.8 Å². The maximum absolute atomic E-state index is 12.1. The van der Waals surface area contributed by atoms with Crippen LogP contribution in [0.15, 0.2) is 29.1 Å². The van der Waals surface area contributed by atoms with E-state index in [0.29, 0.717) is 5.95 Å². The van der Waals surface area contributed by atoms with Crippen molar-refractivity contribution in [3.8, 4) is 0 Å². The fourth-order valence-electron chi connectivity index (χ4n) is 4.10. The number of H-pyrrole nitrogens is 1. The van der Waals surface area contributed by atoms with E-state index in [9.17, 15) is 4.79 Å². The highest BCUT2D eigenvalue weighted by molar-refractivity contribution is 5.59. The van der Waals surface area contributed by atoms with Gasteiger partial charge in [-0.15, -0.1) is 0 Å². The van der Waals surface area contributed by atoms with Gasteiger partial charge in [-0.2, -0.15) is 0 Å². The van der Waals surface area contributed by atoms with Gasteiger partial charge < -0.3 is 10.2 Å². The molecule has 1 fully saturated rings. The summed E-state index contributed by atoms with van der Waals surface area (Å²) in [4.78, 5) is 24.6. The highest BCUT2D eigenvalue weighted by atomic mass is 16.1. The first-order valence-electron chi connectivity index (χ1n) is 10.0. The van der Waals surface area contributed by atoms with Gasteiger partial charge in [-0.05, 0) is 49.4 Å². The average Bonchev–Trinajstić information content (AvgIpc) is 3.12. The molecule has 1 aliphatic carbocycles. The molecule has 2 heterocycles. The molecule has 1 aliphatic heterocycles. The maximum Gasteiger partial charge on any atom is 0.255 e. The van der Waals surface area contributed by atoms with Crippen LogP contribution < -0.4 is 15.8 Å². The lowest BCUT2D eigenvalue weighted by Crippen LogP contribution is -2.47. The van der Waals surface area contributed by atoms with Crippen molar-refractivity contribution < 1.29 is 0 Å². The Morgan fingerprint density at radius 2 is 1.85 bits per heavy atom. The quantitative estimate of drug-likeness (QED) is 0.851. The molecule has 4 rings (SSSR count). The summed E-state index contributed by atoms with van der Waals surface area (Å²) in [5.74, 6) is 1.26. The van der Waals surface area contributed by atoms with Crippen molar-refractivity contribution in [2.45, 2.75) is 33.1 Å². The summed E-state index contributed by atoms with van der Waals surface area (Å²) in [5, 5.41) is 3.24. The van der Waals surface area contributed by atoms with Gasteiger partial charge in [-0.3, -0.25) is 14.7 Å². The number of fused-ring (bicyclic) bond motifs is 1. The van der Waals surface area contributed by atoms with Crippen LogP contribution in [0.2, 0.25) is 0 Å². The lowest BCUT2D eigenvalue weighted by atomic mass is 10.2. The Kier molecular flexibility index (Phi) is 5.16. The normalized spacial score (nSPS) is 17.4. The van der Waals surface area contributed by atoms with Crippen molar-refractivity contribution in [3.63, 3.8) is 0 Å². The first-order valence-corrected chi connectivity index (χ1v) is 10.0. The third-order valence-electron chi connectivity index (χ3n) is 5.43. The summed E-state index contributed by atoms with van der Waals surface area (Å²) in [7, 11) is 0. The smallest absolute Gasteiger partial charge is 0.255 e. The predicted molar refractivity (Wildman–Crippen MR) is 110 cm³/mol. The molecule has 0 amide bonds. The van der Waals surface area contributed by atoms with E-state index in [4.69, 9.17) is 0 Å². The Morgan fingerprint density at radius 3 is 2.56 bits per heavy atom. The number of aromatic nitrogens is 2. The molecule has 6 heteroatoms. The van der Waals surface area contributed by atoms with E-state index in [2.05, 4.69) is 63.2 Å². The molecule has 2 N–H and O–H groups in total. The van der Waals surface area contributed by atoms with E-state index in [0.717, 1.165) is 68.3 Å². The Labute approximate surface area is 160 Å². The number of hydrogen-bond acceptors (Lipinski definition) is 5. The van der Waals surface area contributed by atoms with Crippen molar-refractivity contribution in [2.75, 3.05) is 42.9 Å². The van der Waals surface area contributed by atoms with Crippen molar-refractivity contribution in [3.05, 3.63) is 45.9 Å². The van der Waals surface area contributed by atoms with E-state index in [-0.39, 0.29) is 5.56 Å². The van der Waals surface area contributed by atoms with Gasteiger partial charge in [0.1, 0.15) is 0 Å². The molecule has 1 saturated heterocycles. The van der Waals surface area contributed by atoms with E-state index in [1.165, 1.54) is 12.2 Å². The zero-order valence-corrected chi connectivity index (χ0v) is 16.3. The molecule has 144 valence electrons. The Bertz CT molecular complexity index is 835. The lowest BCUT2D eigenvalue weighted by Gasteiger charge is -2.36. The number of aryl methyl sites for hydroxylation is 1. The van der Waals surface area contributed by atoms with Crippen LogP contribution >= 0.6 is 0 Å². The summed E-state index contributed by atoms with van der Waals surface area (Å²) >= 11 is 0. The number of hydrogen-bond donors (Lipinski definition) is 2. The molecule has 0 bridgehead atoms. The van der Waals surface area contributed by atoms with E-state index in [1.54, 1.807) is 0 Å². The standard InChI is InChI=1S/C21H29N5O/c1-15(2)14-25-10-12-26(13-11-25)17-8-6-16(7-9-17)22-21-23-19-5-3-4-18(19)20(27)24-21/h6-9,15H,3-5,10-14H2,1-2H3,(H2,22,23,24,27). The molecule has 6 nitrogen and oxygen atoms in total. The minimum absolute atomic E-state index is 0.00381. The number of rotatable bonds is 5. The van der Waals surface area contributed by atoms with Gasteiger partial charge in [0.25, 0.3) is 5.56 Å². The zero-order valence-electron chi connectivity index (χ0n) is 16.3. The largest absolute Gasteiger partial charge is 0.369 e. The Balaban J connectivity index is 1.39. The van der Waals surface area contributed by atoms with Gasteiger partial charge in [0.05, 0.1) is 5.69 Å². The number of benzene rings is 1. The molecular formula is C21H29N5O. The topological polar surface area (TPSA) is 64.3 Å². The SMILES string of the molecule is CC(C)CN1CCN(c2ccc(Nc3nc4c(c(=O)[nH]3)CCC4)cc2)CC1. The minimum atomic E-state index is -0.00381. The molecule has 1 aromatic heterocycles. The number of aromatic amines is 1. The fraction of sp³-hybridized carbons (Fsp3) is 0.524. The van der Waals surface area contributed by atoms with Crippen LogP contribution in [-0.4, -0.2) is 47.6 Å². The molecule has 27 heavy (non-hydrogen) atoms. The lowest BCUT2D eigenvalue weighted by molar-refractivity contribution is 0.231. The van der Waals surface area contributed by atoms with Gasteiger partial charge in [0.2, 0.25) is 5.95 Å². The molecule has 0 radical (unpaired) electrons. The molecule has 1 aromatic carbocycles. The summed E-state index contributed by atoms with van der Waals surface area (Å²) in [6, 6.07) is 8.41. The van der Waals surface area contributed by atoms with Crippen molar-refractivity contribution >= 4 is 17.3 Å². The van der Waals surface area contributed by atoms with Gasteiger partial charge in [0, 0.05) is 49.7 Å². The van der Waals surface area contributed by atoms with Crippen LogP contribution in [0.5, 0.6) is 0 Å².